The molecule has 0 radical (unpaired) electrons. The molecule has 1 atom stereocenters. The minimum absolute atomic E-state index is 0.148. The van der Waals surface area contributed by atoms with Crippen LogP contribution in [-0.2, 0) is 26.2 Å². The number of rotatable bonds is 4. The summed E-state index contributed by atoms with van der Waals surface area (Å²) in [6.07, 6.45) is 4.99. The highest BCUT2D eigenvalue weighted by atomic mass is 16.5. The Morgan fingerprint density at radius 3 is 2.50 bits per heavy atom. The second-order valence-corrected chi connectivity index (χ2v) is 8.42. The van der Waals surface area contributed by atoms with Gasteiger partial charge in [-0.2, -0.15) is 0 Å². The number of carbonyl (C=O) groups excluding carboxylic acids is 3. The number of esters is 1. The van der Waals surface area contributed by atoms with Gasteiger partial charge in [-0.1, -0.05) is 6.07 Å². The van der Waals surface area contributed by atoms with E-state index in [1.807, 2.05) is 18.2 Å². The lowest BCUT2D eigenvalue weighted by Gasteiger charge is -2.28. The van der Waals surface area contributed by atoms with Gasteiger partial charge in [0, 0.05) is 19.9 Å². The molecule has 160 valence electrons. The lowest BCUT2D eigenvalue weighted by atomic mass is 9.77. The third-order valence-electron chi connectivity index (χ3n) is 6.64. The third kappa shape index (κ3) is 3.66. The Kier molecular flexibility index (Phi) is 5.49. The Morgan fingerprint density at radius 1 is 1.10 bits per heavy atom. The summed E-state index contributed by atoms with van der Waals surface area (Å²) >= 11 is 0. The van der Waals surface area contributed by atoms with Crippen LogP contribution >= 0.6 is 0 Å². The smallest absolute Gasteiger partial charge is 0.329 e. The minimum Gasteiger partial charge on any atom is -0.469 e. The zero-order valence-corrected chi connectivity index (χ0v) is 17.3. The van der Waals surface area contributed by atoms with E-state index >= 15 is 0 Å². The fourth-order valence-corrected chi connectivity index (χ4v) is 4.88. The molecule has 8 heteroatoms. The van der Waals surface area contributed by atoms with Crippen LogP contribution < -0.4 is 11.0 Å². The van der Waals surface area contributed by atoms with Crippen molar-refractivity contribution in [3.05, 3.63) is 34.2 Å². The first-order valence-electron chi connectivity index (χ1n) is 10.5. The molecule has 30 heavy (non-hydrogen) atoms. The normalized spacial score (nSPS) is 24.7. The van der Waals surface area contributed by atoms with Crippen molar-refractivity contribution in [2.24, 2.45) is 13.0 Å². The van der Waals surface area contributed by atoms with Crippen molar-refractivity contribution in [1.29, 1.82) is 0 Å². The number of fused-ring (bicyclic) bond motifs is 1. The molecule has 1 aromatic carbocycles. The number of aromatic nitrogens is 2. The van der Waals surface area contributed by atoms with Gasteiger partial charge in [0.15, 0.2) is 0 Å². The van der Waals surface area contributed by atoms with E-state index in [0.717, 1.165) is 31.2 Å². The molecule has 0 bridgehead atoms. The quantitative estimate of drug-likeness (QED) is 0.612. The van der Waals surface area contributed by atoms with E-state index in [2.05, 4.69) is 5.32 Å². The molecule has 1 unspecified atom stereocenters. The van der Waals surface area contributed by atoms with Crippen LogP contribution in [0.4, 0.5) is 0 Å². The molecule has 1 N–H and O–H groups in total. The van der Waals surface area contributed by atoms with Gasteiger partial charge < -0.3 is 4.74 Å². The zero-order chi connectivity index (χ0) is 21.4. The first-order valence-corrected chi connectivity index (χ1v) is 10.5. The van der Waals surface area contributed by atoms with Crippen LogP contribution in [0.3, 0.4) is 0 Å². The standard InChI is InChI=1S/C22H27N3O5/c1-24-18-12-15(14-5-3-13(4-6-14)11-20(27)30-2)7-8-16(18)25(22(24)29)17-9-10-19(26)23-21(17)28/h7-8,12-14,17H,3-6,9-11H2,1-2H3,(H,23,26,28). The maximum atomic E-state index is 12.9. The summed E-state index contributed by atoms with van der Waals surface area (Å²) in [5, 5.41) is 2.33. The molecule has 2 amide bonds. The summed E-state index contributed by atoms with van der Waals surface area (Å²) in [7, 11) is 3.14. The van der Waals surface area contributed by atoms with Crippen LogP contribution in [-0.4, -0.2) is 34.0 Å². The van der Waals surface area contributed by atoms with Crippen molar-refractivity contribution in [3.8, 4) is 0 Å². The van der Waals surface area contributed by atoms with Gasteiger partial charge in [0.1, 0.15) is 6.04 Å². The number of aryl methyl sites for hydroxylation is 1. The van der Waals surface area contributed by atoms with Crippen molar-refractivity contribution in [3.63, 3.8) is 0 Å². The molecule has 0 spiro atoms. The molecule has 1 aliphatic carbocycles. The van der Waals surface area contributed by atoms with Gasteiger partial charge >= 0.3 is 11.7 Å². The third-order valence-corrected chi connectivity index (χ3v) is 6.64. The number of imide groups is 1. The number of benzene rings is 1. The largest absolute Gasteiger partial charge is 0.469 e. The van der Waals surface area contributed by atoms with E-state index in [0.29, 0.717) is 30.2 Å². The Balaban J connectivity index is 1.58. The summed E-state index contributed by atoms with van der Waals surface area (Å²) in [5.41, 5.74) is 2.42. The SMILES string of the molecule is COC(=O)CC1CCC(c2ccc3c(c2)n(C)c(=O)n3C2CCC(=O)NC2=O)CC1. The molecule has 2 aliphatic rings. The number of piperidine rings is 1. The predicted molar refractivity (Wildman–Crippen MR) is 110 cm³/mol. The van der Waals surface area contributed by atoms with E-state index in [-0.39, 0.29) is 24.0 Å². The second kappa shape index (κ2) is 8.08. The summed E-state index contributed by atoms with van der Waals surface area (Å²) < 4.78 is 7.86. The monoisotopic (exact) mass is 413 g/mol. The molecule has 8 nitrogen and oxygen atoms in total. The molecule has 1 aromatic heterocycles. The highest BCUT2D eigenvalue weighted by molar-refractivity contribution is 6.00. The second-order valence-electron chi connectivity index (χ2n) is 8.42. The van der Waals surface area contributed by atoms with Crippen LogP contribution in [0.25, 0.3) is 11.0 Å². The predicted octanol–water partition coefficient (Wildman–Crippen LogP) is 2.15. The number of amides is 2. The van der Waals surface area contributed by atoms with E-state index in [1.54, 1.807) is 11.6 Å². The molecular formula is C22H27N3O5. The van der Waals surface area contributed by atoms with Gasteiger partial charge in [-0.3, -0.25) is 28.8 Å². The number of methoxy groups -OCH3 is 1. The minimum atomic E-state index is -0.668. The van der Waals surface area contributed by atoms with E-state index < -0.39 is 11.9 Å². The highest BCUT2D eigenvalue weighted by Crippen LogP contribution is 2.38. The van der Waals surface area contributed by atoms with E-state index in [9.17, 15) is 19.2 Å². The first-order chi connectivity index (χ1) is 14.4. The fraction of sp³-hybridized carbons (Fsp3) is 0.545. The Hall–Kier alpha value is -2.90. The summed E-state index contributed by atoms with van der Waals surface area (Å²) in [5.74, 6) is -0.110. The van der Waals surface area contributed by atoms with Gasteiger partial charge in [0.05, 0.1) is 18.1 Å². The lowest BCUT2D eigenvalue weighted by Crippen LogP contribution is -2.44. The van der Waals surface area contributed by atoms with Crippen LogP contribution in [0, 0.1) is 5.92 Å². The number of nitrogens with zero attached hydrogens (tertiary/aromatic N) is 2. The summed E-state index contributed by atoms with van der Waals surface area (Å²) in [4.78, 5) is 48.2. The molecular weight excluding hydrogens is 386 g/mol. The number of nitrogens with one attached hydrogen (secondary N) is 1. The van der Waals surface area contributed by atoms with Crippen molar-refractivity contribution in [2.75, 3.05) is 7.11 Å². The average Bonchev–Trinajstić information content (AvgIpc) is 2.99. The van der Waals surface area contributed by atoms with Gasteiger partial charge in [0.25, 0.3) is 0 Å². The molecule has 4 rings (SSSR count). The fourth-order valence-electron chi connectivity index (χ4n) is 4.88. The zero-order valence-electron chi connectivity index (χ0n) is 17.3. The Morgan fingerprint density at radius 2 is 1.83 bits per heavy atom. The molecule has 2 heterocycles. The van der Waals surface area contributed by atoms with Crippen molar-refractivity contribution >= 4 is 28.8 Å². The van der Waals surface area contributed by atoms with Crippen molar-refractivity contribution in [1.82, 2.24) is 14.5 Å². The number of hydrogen-bond donors (Lipinski definition) is 1. The maximum Gasteiger partial charge on any atom is 0.329 e. The Labute approximate surface area is 174 Å². The number of carbonyl (C=O) groups is 3. The van der Waals surface area contributed by atoms with Crippen LogP contribution in [0.1, 0.15) is 62.5 Å². The summed E-state index contributed by atoms with van der Waals surface area (Å²) in [6.45, 7) is 0. The van der Waals surface area contributed by atoms with Gasteiger partial charge in [0.2, 0.25) is 11.8 Å². The van der Waals surface area contributed by atoms with E-state index in [1.165, 1.54) is 17.2 Å². The molecule has 2 aromatic rings. The van der Waals surface area contributed by atoms with Gasteiger partial charge in [-0.15, -0.1) is 0 Å². The summed E-state index contributed by atoms with van der Waals surface area (Å²) in [6, 6.07) is 5.33. The molecule has 1 saturated carbocycles. The number of hydrogen-bond acceptors (Lipinski definition) is 5. The Bertz CT molecular complexity index is 1060. The highest BCUT2D eigenvalue weighted by Gasteiger charge is 2.31. The lowest BCUT2D eigenvalue weighted by molar-refractivity contribution is -0.142. The van der Waals surface area contributed by atoms with Gasteiger partial charge in [-0.25, -0.2) is 4.79 Å². The number of imidazole rings is 1. The average molecular weight is 413 g/mol. The molecule has 1 saturated heterocycles. The van der Waals surface area contributed by atoms with Crippen LogP contribution in [0.2, 0.25) is 0 Å². The topological polar surface area (TPSA) is 99.4 Å². The maximum absolute atomic E-state index is 12.9. The van der Waals surface area contributed by atoms with Crippen molar-refractivity contribution in [2.45, 2.75) is 56.9 Å². The number of ether oxygens (including phenoxy) is 1. The van der Waals surface area contributed by atoms with E-state index in [4.69, 9.17) is 4.74 Å². The van der Waals surface area contributed by atoms with Crippen LogP contribution in [0.5, 0.6) is 0 Å². The molecule has 1 aliphatic heterocycles. The first kappa shape index (κ1) is 20.4. The van der Waals surface area contributed by atoms with Gasteiger partial charge in [-0.05, 0) is 61.6 Å². The van der Waals surface area contributed by atoms with Crippen molar-refractivity contribution < 1.29 is 19.1 Å². The molecule has 2 fully saturated rings. The van der Waals surface area contributed by atoms with Crippen LogP contribution in [0.15, 0.2) is 23.0 Å².